The second-order valence-corrected chi connectivity index (χ2v) is 6.05. The lowest BCUT2D eigenvalue weighted by atomic mass is 10.1. The number of hydrogen-bond donors (Lipinski definition) is 2. The van der Waals surface area contributed by atoms with E-state index < -0.39 is 17.8 Å². The molecule has 1 aliphatic rings. The van der Waals surface area contributed by atoms with Crippen molar-refractivity contribution in [2.75, 3.05) is 25.1 Å². The van der Waals surface area contributed by atoms with E-state index in [4.69, 9.17) is 4.74 Å². The zero-order valence-corrected chi connectivity index (χ0v) is 14.4. The van der Waals surface area contributed by atoms with Crippen LogP contribution in [-0.2, 0) is 15.7 Å². The van der Waals surface area contributed by atoms with Gasteiger partial charge in [-0.2, -0.15) is 13.2 Å². The van der Waals surface area contributed by atoms with Crippen molar-refractivity contribution in [2.45, 2.75) is 12.2 Å². The molecular formula is C15H15ClF3N3O2S. The van der Waals surface area contributed by atoms with E-state index in [2.05, 4.69) is 15.6 Å². The molecule has 3 rings (SSSR count). The molecule has 0 bridgehead atoms. The molecule has 1 fully saturated rings. The van der Waals surface area contributed by atoms with Crippen molar-refractivity contribution in [2.24, 2.45) is 0 Å². The van der Waals surface area contributed by atoms with Crippen molar-refractivity contribution in [3.8, 4) is 11.3 Å². The summed E-state index contributed by atoms with van der Waals surface area (Å²) in [5, 5.41) is 7.61. The van der Waals surface area contributed by atoms with Crippen LogP contribution in [-0.4, -0.2) is 36.7 Å². The fraction of sp³-hybridized carbons (Fsp3) is 0.333. The Hall–Kier alpha value is -1.68. The number of alkyl halides is 3. The normalized spacial score (nSPS) is 17.6. The first-order chi connectivity index (χ1) is 11.4. The number of aromatic nitrogens is 1. The molecule has 1 amide bonds. The molecule has 1 atom stereocenters. The molecule has 1 aromatic heterocycles. The number of nitrogens with one attached hydrogen (secondary N) is 2. The van der Waals surface area contributed by atoms with E-state index in [0.717, 1.165) is 23.5 Å². The van der Waals surface area contributed by atoms with Gasteiger partial charge in [-0.05, 0) is 12.1 Å². The maximum absolute atomic E-state index is 12.8. The van der Waals surface area contributed by atoms with Gasteiger partial charge >= 0.3 is 6.18 Å². The lowest BCUT2D eigenvalue weighted by Crippen LogP contribution is -2.48. The summed E-state index contributed by atoms with van der Waals surface area (Å²) in [7, 11) is 0. The third kappa shape index (κ3) is 4.91. The molecular weight excluding hydrogens is 379 g/mol. The SMILES string of the molecule is Cl.O=C(Nc1nc(-c2cccc(C(F)(F)F)c2)cs1)C1COCCN1. The van der Waals surface area contributed by atoms with Crippen molar-refractivity contribution in [3.63, 3.8) is 0 Å². The number of hydrogen-bond acceptors (Lipinski definition) is 5. The molecule has 0 spiro atoms. The van der Waals surface area contributed by atoms with Gasteiger partial charge in [0.15, 0.2) is 5.13 Å². The van der Waals surface area contributed by atoms with Crippen LogP contribution in [0.3, 0.4) is 0 Å². The summed E-state index contributed by atoms with van der Waals surface area (Å²) in [4.78, 5) is 16.3. The predicted octanol–water partition coefficient (Wildman–Crippen LogP) is 3.18. The van der Waals surface area contributed by atoms with Gasteiger partial charge in [-0.1, -0.05) is 12.1 Å². The van der Waals surface area contributed by atoms with Crippen molar-refractivity contribution in [1.82, 2.24) is 10.3 Å². The molecule has 1 unspecified atom stereocenters. The number of halogens is 4. The van der Waals surface area contributed by atoms with Crippen LogP contribution in [0.2, 0.25) is 0 Å². The highest BCUT2D eigenvalue weighted by molar-refractivity contribution is 7.14. The molecule has 2 aromatic rings. The second kappa shape index (κ2) is 8.13. The number of anilines is 1. The van der Waals surface area contributed by atoms with E-state index in [9.17, 15) is 18.0 Å². The monoisotopic (exact) mass is 393 g/mol. The molecule has 2 heterocycles. The fourth-order valence-corrected chi connectivity index (χ4v) is 2.97. The highest BCUT2D eigenvalue weighted by atomic mass is 35.5. The average molecular weight is 394 g/mol. The van der Waals surface area contributed by atoms with Crippen LogP contribution < -0.4 is 10.6 Å². The van der Waals surface area contributed by atoms with Crippen LogP contribution in [0.5, 0.6) is 0 Å². The van der Waals surface area contributed by atoms with Gasteiger partial charge in [0.25, 0.3) is 0 Å². The lowest BCUT2D eigenvalue weighted by Gasteiger charge is -2.22. The van der Waals surface area contributed by atoms with E-state index in [1.54, 1.807) is 11.4 Å². The molecule has 5 nitrogen and oxygen atoms in total. The van der Waals surface area contributed by atoms with E-state index >= 15 is 0 Å². The van der Waals surface area contributed by atoms with Crippen LogP contribution >= 0.6 is 23.7 Å². The standard InChI is InChI=1S/C15H14F3N3O2S.ClH/c16-15(17,18)10-3-1-2-9(6-10)12-8-24-14(20-12)21-13(22)11-7-23-5-4-19-11;/h1-3,6,8,11,19H,4-5,7H2,(H,20,21,22);1H. The smallest absolute Gasteiger partial charge is 0.378 e. The van der Waals surface area contributed by atoms with Crippen LogP contribution in [0.4, 0.5) is 18.3 Å². The Balaban J connectivity index is 0.00000225. The van der Waals surface area contributed by atoms with E-state index in [-0.39, 0.29) is 24.9 Å². The van der Waals surface area contributed by atoms with Gasteiger partial charge in [-0.15, -0.1) is 23.7 Å². The number of nitrogens with zero attached hydrogens (tertiary/aromatic N) is 1. The highest BCUT2D eigenvalue weighted by Gasteiger charge is 2.30. The van der Waals surface area contributed by atoms with E-state index in [0.29, 0.717) is 29.5 Å². The van der Waals surface area contributed by atoms with Crippen molar-refractivity contribution >= 4 is 34.8 Å². The first kappa shape index (κ1) is 19.6. The molecule has 1 aromatic carbocycles. The lowest BCUT2D eigenvalue weighted by molar-refractivity contribution is -0.137. The quantitative estimate of drug-likeness (QED) is 0.840. The number of rotatable bonds is 3. The Bertz CT molecular complexity index is 733. The van der Waals surface area contributed by atoms with Gasteiger partial charge in [0.2, 0.25) is 5.91 Å². The summed E-state index contributed by atoms with van der Waals surface area (Å²) >= 11 is 1.16. The topological polar surface area (TPSA) is 63.2 Å². The molecule has 0 radical (unpaired) electrons. The molecule has 1 saturated heterocycles. The Morgan fingerprint density at radius 3 is 2.88 bits per heavy atom. The zero-order chi connectivity index (χ0) is 17.2. The fourth-order valence-electron chi connectivity index (χ4n) is 2.24. The Labute approximate surface area is 152 Å². The largest absolute Gasteiger partial charge is 0.416 e. The maximum Gasteiger partial charge on any atom is 0.416 e. The Morgan fingerprint density at radius 1 is 1.40 bits per heavy atom. The third-order valence-corrected chi connectivity index (χ3v) is 4.22. The summed E-state index contributed by atoms with van der Waals surface area (Å²) < 4.78 is 43.5. The van der Waals surface area contributed by atoms with Gasteiger partial charge in [0, 0.05) is 17.5 Å². The van der Waals surface area contributed by atoms with Crippen LogP contribution in [0.1, 0.15) is 5.56 Å². The third-order valence-electron chi connectivity index (χ3n) is 3.46. The van der Waals surface area contributed by atoms with Gasteiger partial charge in [-0.3, -0.25) is 4.79 Å². The summed E-state index contributed by atoms with van der Waals surface area (Å²) in [6, 6.07) is 4.47. The van der Waals surface area contributed by atoms with Gasteiger partial charge in [-0.25, -0.2) is 4.98 Å². The number of amides is 1. The van der Waals surface area contributed by atoms with Crippen LogP contribution in [0.15, 0.2) is 29.6 Å². The first-order valence-corrected chi connectivity index (χ1v) is 8.06. The van der Waals surface area contributed by atoms with Crippen molar-refractivity contribution < 1.29 is 22.7 Å². The predicted molar refractivity (Wildman–Crippen MR) is 91.0 cm³/mol. The van der Waals surface area contributed by atoms with E-state index in [1.807, 2.05) is 0 Å². The number of morpholine rings is 1. The summed E-state index contributed by atoms with van der Waals surface area (Å²) in [6.07, 6.45) is -4.41. The zero-order valence-electron chi connectivity index (χ0n) is 12.8. The molecule has 0 aliphatic carbocycles. The minimum atomic E-state index is -4.41. The Kier molecular flexibility index (Phi) is 6.39. The first-order valence-electron chi connectivity index (χ1n) is 7.18. The second-order valence-electron chi connectivity index (χ2n) is 5.19. The van der Waals surface area contributed by atoms with Crippen LogP contribution in [0.25, 0.3) is 11.3 Å². The highest BCUT2D eigenvalue weighted by Crippen LogP contribution is 2.33. The number of carbonyl (C=O) groups excluding carboxylic acids is 1. The van der Waals surface area contributed by atoms with Crippen LogP contribution in [0, 0.1) is 0 Å². The summed E-state index contributed by atoms with van der Waals surface area (Å²) in [5.74, 6) is -0.278. The van der Waals surface area contributed by atoms with Crippen molar-refractivity contribution in [1.29, 1.82) is 0 Å². The van der Waals surface area contributed by atoms with Crippen molar-refractivity contribution in [3.05, 3.63) is 35.2 Å². The summed E-state index contributed by atoms with van der Waals surface area (Å²) in [6.45, 7) is 1.42. The molecule has 0 saturated carbocycles. The molecule has 136 valence electrons. The molecule has 25 heavy (non-hydrogen) atoms. The average Bonchev–Trinajstić information content (AvgIpc) is 3.03. The Morgan fingerprint density at radius 2 is 2.20 bits per heavy atom. The minimum Gasteiger partial charge on any atom is -0.378 e. The minimum absolute atomic E-state index is 0. The number of benzene rings is 1. The number of thiazole rings is 1. The molecule has 2 N–H and O–H groups in total. The molecule has 10 heteroatoms. The summed E-state index contributed by atoms with van der Waals surface area (Å²) in [5.41, 5.74) is -0.00269. The maximum atomic E-state index is 12.8. The molecule has 1 aliphatic heterocycles. The van der Waals surface area contributed by atoms with Gasteiger partial charge in [0.1, 0.15) is 6.04 Å². The van der Waals surface area contributed by atoms with E-state index in [1.165, 1.54) is 6.07 Å². The number of carbonyl (C=O) groups is 1. The number of ether oxygens (including phenoxy) is 1. The van der Waals surface area contributed by atoms with Gasteiger partial charge < -0.3 is 15.4 Å². The van der Waals surface area contributed by atoms with Gasteiger partial charge in [0.05, 0.1) is 24.5 Å².